The van der Waals surface area contributed by atoms with Gasteiger partial charge < -0.3 is 15.0 Å². The number of hydrogen-bond acceptors (Lipinski definition) is 4. The Labute approximate surface area is 156 Å². The summed E-state index contributed by atoms with van der Waals surface area (Å²) in [7, 11) is 0. The van der Waals surface area contributed by atoms with E-state index < -0.39 is 12.2 Å². The molecule has 0 aromatic heterocycles. The van der Waals surface area contributed by atoms with Crippen LogP contribution in [0.5, 0.6) is 0 Å². The number of amides is 2. The Bertz CT molecular complexity index is 748. The maximum absolute atomic E-state index is 14.7. The Morgan fingerprint density at radius 3 is 2.67 bits per heavy atom. The molecule has 1 N–H and O–H groups in total. The molecule has 1 aromatic rings. The Morgan fingerprint density at radius 2 is 2.04 bits per heavy atom. The van der Waals surface area contributed by atoms with E-state index in [-0.39, 0.29) is 37.4 Å². The molecular formula is C19H23F2N3O3. The number of nitrogens with zero attached hydrogens (tertiary/aromatic N) is 2. The summed E-state index contributed by atoms with van der Waals surface area (Å²) in [5.74, 6) is 0.473. The molecule has 1 saturated carbocycles. The summed E-state index contributed by atoms with van der Waals surface area (Å²) in [5, 5.41) is 2.61. The maximum Gasteiger partial charge on any atom is 0.414 e. The van der Waals surface area contributed by atoms with Crippen molar-refractivity contribution in [3.05, 3.63) is 29.6 Å². The molecule has 2 heterocycles. The number of anilines is 1. The number of benzene rings is 1. The molecule has 27 heavy (non-hydrogen) atoms. The number of ether oxygens (including phenoxy) is 1. The summed E-state index contributed by atoms with van der Waals surface area (Å²) in [6, 6.07) is 4.88. The molecule has 146 valence electrons. The first-order valence-corrected chi connectivity index (χ1v) is 9.28. The largest absolute Gasteiger partial charge is 0.442 e. The first kappa shape index (κ1) is 18.2. The molecule has 2 aliphatic heterocycles. The highest BCUT2D eigenvalue weighted by Crippen LogP contribution is 2.58. The smallest absolute Gasteiger partial charge is 0.414 e. The lowest BCUT2D eigenvalue weighted by Crippen LogP contribution is -2.33. The molecule has 4 rings (SSSR count). The van der Waals surface area contributed by atoms with Crippen LogP contribution in [0.2, 0.25) is 0 Å². The van der Waals surface area contributed by atoms with Crippen molar-refractivity contribution < 1.29 is 23.1 Å². The molecule has 4 atom stereocenters. The van der Waals surface area contributed by atoms with Gasteiger partial charge in [-0.2, -0.15) is 0 Å². The number of carbonyl (C=O) groups is 2. The van der Waals surface area contributed by atoms with Crippen LogP contribution in [-0.2, 0) is 9.53 Å². The van der Waals surface area contributed by atoms with Gasteiger partial charge in [0.15, 0.2) is 0 Å². The van der Waals surface area contributed by atoms with Crippen molar-refractivity contribution in [2.45, 2.75) is 18.9 Å². The van der Waals surface area contributed by atoms with Crippen molar-refractivity contribution in [3.63, 3.8) is 0 Å². The summed E-state index contributed by atoms with van der Waals surface area (Å²) >= 11 is 0. The maximum atomic E-state index is 14.7. The van der Waals surface area contributed by atoms with Crippen LogP contribution in [0.25, 0.3) is 0 Å². The van der Waals surface area contributed by atoms with E-state index >= 15 is 0 Å². The molecule has 0 bridgehead atoms. The van der Waals surface area contributed by atoms with Crippen LogP contribution in [0.3, 0.4) is 0 Å². The Hall–Kier alpha value is -2.22. The molecular weight excluding hydrogens is 356 g/mol. The highest BCUT2D eigenvalue weighted by Gasteiger charge is 2.56. The number of rotatable bonds is 6. The van der Waals surface area contributed by atoms with E-state index in [2.05, 4.69) is 10.2 Å². The highest BCUT2D eigenvalue weighted by molar-refractivity contribution is 5.89. The molecule has 1 aromatic carbocycles. The third kappa shape index (κ3) is 3.50. The van der Waals surface area contributed by atoms with Gasteiger partial charge in [0.25, 0.3) is 0 Å². The van der Waals surface area contributed by atoms with E-state index in [4.69, 9.17) is 4.74 Å². The van der Waals surface area contributed by atoms with Crippen LogP contribution in [0.15, 0.2) is 18.2 Å². The number of likely N-dealkylation sites (tertiary alicyclic amines) is 1. The van der Waals surface area contributed by atoms with E-state index in [0.717, 1.165) is 13.1 Å². The second kappa shape index (κ2) is 7.07. The molecule has 3 fully saturated rings. The van der Waals surface area contributed by atoms with Gasteiger partial charge in [-0.3, -0.25) is 9.69 Å². The fraction of sp³-hybridized carbons (Fsp3) is 0.579. The van der Waals surface area contributed by atoms with Gasteiger partial charge in [0.1, 0.15) is 18.6 Å². The van der Waals surface area contributed by atoms with Crippen molar-refractivity contribution in [2.75, 3.05) is 44.3 Å². The first-order valence-electron chi connectivity index (χ1n) is 9.28. The fourth-order valence-electron chi connectivity index (χ4n) is 4.43. The molecule has 3 aliphatic rings. The van der Waals surface area contributed by atoms with Crippen molar-refractivity contribution in [2.24, 2.45) is 11.8 Å². The normalized spacial score (nSPS) is 29.6. The van der Waals surface area contributed by atoms with Gasteiger partial charge in [0.2, 0.25) is 5.91 Å². The van der Waals surface area contributed by atoms with Gasteiger partial charge in [-0.05, 0) is 35.4 Å². The van der Waals surface area contributed by atoms with Crippen LogP contribution in [0, 0.1) is 17.7 Å². The minimum Gasteiger partial charge on any atom is -0.442 e. The number of cyclic esters (lactones) is 1. The van der Waals surface area contributed by atoms with Crippen LogP contribution < -0.4 is 10.2 Å². The van der Waals surface area contributed by atoms with Crippen LogP contribution in [0.1, 0.15) is 18.4 Å². The Morgan fingerprint density at radius 1 is 1.30 bits per heavy atom. The third-order valence-corrected chi connectivity index (χ3v) is 5.78. The average molecular weight is 379 g/mol. The quantitative estimate of drug-likeness (QED) is 0.820. The topological polar surface area (TPSA) is 61.9 Å². The summed E-state index contributed by atoms with van der Waals surface area (Å²) in [5.41, 5.74) is 1.13. The van der Waals surface area contributed by atoms with Gasteiger partial charge in [0.05, 0.1) is 18.8 Å². The molecule has 8 heteroatoms. The number of nitrogens with one attached hydrogen (secondary N) is 1. The van der Waals surface area contributed by atoms with Gasteiger partial charge in [0, 0.05) is 26.6 Å². The minimum atomic E-state index is -0.539. The molecule has 6 nitrogen and oxygen atoms in total. The molecule has 2 saturated heterocycles. The minimum absolute atomic E-state index is 0.188. The zero-order valence-corrected chi connectivity index (χ0v) is 15.2. The van der Waals surface area contributed by atoms with E-state index in [1.807, 2.05) is 0 Å². The van der Waals surface area contributed by atoms with E-state index in [0.29, 0.717) is 29.6 Å². The zero-order valence-electron chi connectivity index (χ0n) is 15.2. The molecule has 2 amide bonds. The molecule has 0 spiro atoms. The number of alkyl halides is 1. The van der Waals surface area contributed by atoms with Gasteiger partial charge in [-0.15, -0.1) is 0 Å². The van der Waals surface area contributed by atoms with Crippen LogP contribution in [-0.4, -0.2) is 62.4 Å². The van der Waals surface area contributed by atoms with Crippen molar-refractivity contribution in [3.8, 4) is 0 Å². The van der Waals surface area contributed by atoms with Crippen molar-refractivity contribution in [1.29, 1.82) is 0 Å². The summed E-state index contributed by atoms with van der Waals surface area (Å²) in [6.07, 6.45) is -0.990. The molecule has 0 unspecified atom stereocenters. The predicted octanol–water partition coefficient (Wildman–Crippen LogP) is 1.90. The second-order valence-electron chi connectivity index (χ2n) is 7.56. The lowest BCUT2D eigenvalue weighted by atomic mass is 10.1. The van der Waals surface area contributed by atoms with Crippen molar-refractivity contribution in [1.82, 2.24) is 10.2 Å². The third-order valence-electron chi connectivity index (χ3n) is 5.78. The van der Waals surface area contributed by atoms with Gasteiger partial charge in [-0.1, -0.05) is 6.07 Å². The fourth-order valence-corrected chi connectivity index (χ4v) is 4.43. The zero-order chi connectivity index (χ0) is 19.1. The van der Waals surface area contributed by atoms with E-state index in [9.17, 15) is 18.4 Å². The summed E-state index contributed by atoms with van der Waals surface area (Å²) in [6.45, 7) is 3.66. The van der Waals surface area contributed by atoms with Gasteiger partial charge >= 0.3 is 6.09 Å². The van der Waals surface area contributed by atoms with Gasteiger partial charge in [-0.25, -0.2) is 13.6 Å². The highest BCUT2D eigenvalue weighted by atomic mass is 19.1. The van der Waals surface area contributed by atoms with Crippen LogP contribution in [0.4, 0.5) is 19.3 Å². The van der Waals surface area contributed by atoms with E-state index in [1.165, 1.54) is 17.9 Å². The Balaban J connectivity index is 1.40. The predicted molar refractivity (Wildman–Crippen MR) is 94.8 cm³/mol. The summed E-state index contributed by atoms with van der Waals surface area (Å²) < 4.78 is 32.4. The molecule has 1 aliphatic carbocycles. The number of halogens is 2. The van der Waals surface area contributed by atoms with Crippen molar-refractivity contribution >= 4 is 17.7 Å². The first-order chi connectivity index (χ1) is 13.0. The lowest BCUT2D eigenvalue weighted by molar-refractivity contribution is -0.119. The second-order valence-corrected chi connectivity index (χ2v) is 7.56. The number of carbonyl (C=O) groups excluding carboxylic acids is 2. The standard InChI is InChI=1S/C19H23F2N3O3/c1-11(25)22-7-13-8-24(19(26)27-13)12-2-3-14(17(21)6-12)18-15-9-23(5-4-20)10-16(15)18/h2-3,6,13,15-16,18H,4-5,7-10H2,1H3,(H,22,25)/t13-,15-,16+,18+/m0/s1. The number of hydrogen-bond donors (Lipinski definition) is 1. The monoisotopic (exact) mass is 379 g/mol. The number of fused-ring (bicyclic) bond motifs is 1. The lowest BCUT2D eigenvalue weighted by Gasteiger charge is -2.18. The molecule has 0 radical (unpaired) electrons. The Kier molecular flexibility index (Phi) is 4.75. The number of piperidine rings is 1. The summed E-state index contributed by atoms with van der Waals surface area (Å²) in [4.78, 5) is 26.5. The SMILES string of the molecule is CC(=O)NC[C@H]1CN(c2ccc([C@H]3[C@@H]4CN(CCF)C[C@@H]43)c(F)c2)C(=O)O1. The van der Waals surface area contributed by atoms with E-state index in [1.54, 1.807) is 12.1 Å². The average Bonchev–Trinajstić information content (AvgIpc) is 2.95. The van der Waals surface area contributed by atoms with Crippen LogP contribution >= 0.6 is 0 Å².